The summed E-state index contributed by atoms with van der Waals surface area (Å²) in [4.78, 5) is 12.1. The van der Waals surface area contributed by atoms with Crippen LogP contribution in [0.25, 0.3) is 0 Å². The molecule has 2 aromatic carbocycles. The van der Waals surface area contributed by atoms with Crippen molar-refractivity contribution in [2.45, 2.75) is 18.9 Å². The molecule has 0 radical (unpaired) electrons. The largest absolute Gasteiger partial charge is 0.348 e. The van der Waals surface area contributed by atoms with E-state index in [1.165, 1.54) is 18.2 Å². The number of benzene rings is 2. The van der Waals surface area contributed by atoms with Crippen LogP contribution in [0.3, 0.4) is 0 Å². The monoisotopic (exact) mass is 305 g/mol. The molecule has 1 unspecified atom stereocenters. The van der Waals surface area contributed by atoms with Crippen molar-refractivity contribution in [2.24, 2.45) is 5.92 Å². The van der Waals surface area contributed by atoms with Gasteiger partial charge in [0.15, 0.2) is 0 Å². The molecule has 0 bridgehead atoms. The van der Waals surface area contributed by atoms with Gasteiger partial charge in [-0.1, -0.05) is 25.1 Å². The predicted molar refractivity (Wildman–Crippen MR) is 75.9 cm³/mol. The minimum Gasteiger partial charge on any atom is -0.348 e. The third kappa shape index (κ3) is 2.58. The van der Waals surface area contributed by atoms with Gasteiger partial charge in [0.25, 0.3) is 5.91 Å². The Labute approximate surface area is 126 Å². The van der Waals surface area contributed by atoms with Crippen LogP contribution in [-0.2, 0) is 0 Å². The van der Waals surface area contributed by atoms with Crippen molar-refractivity contribution in [3.8, 4) is 0 Å². The first-order valence-electron chi connectivity index (χ1n) is 6.99. The number of carbonyl (C=O) groups excluding carboxylic acids is 1. The lowest BCUT2D eigenvalue weighted by Crippen LogP contribution is -2.29. The molecule has 1 N–H and O–H groups in total. The lowest BCUT2D eigenvalue weighted by molar-refractivity contribution is 0.0940. The summed E-state index contributed by atoms with van der Waals surface area (Å²) in [7, 11) is 0. The molecule has 0 heterocycles. The molecular weight excluding hydrogens is 291 g/mol. The van der Waals surface area contributed by atoms with E-state index < -0.39 is 23.1 Å². The fourth-order valence-electron chi connectivity index (χ4n) is 2.82. The molecule has 1 aliphatic rings. The topological polar surface area (TPSA) is 29.1 Å². The lowest BCUT2D eigenvalue weighted by atomic mass is 10.1. The van der Waals surface area contributed by atoms with Crippen LogP contribution in [0, 0.1) is 23.4 Å². The molecule has 1 fully saturated rings. The van der Waals surface area contributed by atoms with E-state index in [0.717, 1.165) is 17.7 Å². The van der Waals surface area contributed by atoms with E-state index in [-0.39, 0.29) is 23.7 Å². The number of rotatable bonds is 3. The summed E-state index contributed by atoms with van der Waals surface area (Å²) in [5, 5.41) is 2.65. The molecule has 0 aromatic heterocycles. The first kappa shape index (κ1) is 14.6. The number of hydrogen-bond acceptors (Lipinski definition) is 1. The van der Waals surface area contributed by atoms with Crippen LogP contribution >= 0.6 is 0 Å². The Balaban J connectivity index is 1.74. The van der Waals surface area contributed by atoms with E-state index in [1.807, 2.05) is 6.92 Å². The Morgan fingerprint density at radius 1 is 1.00 bits per heavy atom. The van der Waals surface area contributed by atoms with Gasteiger partial charge in [-0.3, -0.25) is 4.79 Å². The molecule has 1 amide bonds. The molecule has 1 saturated carbocycles. The Morgan fingerprint density at radius 3 is 2.18 bits per heavy atom. The summed E-state index contributed by atoms with van der Waals surface area (Å²) >= 11 is 0. The molecule has 0 saturated heterocycles. The number of halogens is 3. The third-order valence-corrected chi connectivity index (χ3v) is 4.12. The second kappa shape index (κ2) is 5.48. The summed E-state index contributed by atoms with van der Waals surface area (Å²) in [6.45, 7) is 1.93. The van der Waals surface area contributed by atoms with E-state index in [2.05, 4.69) is 5.32 Å². The minimum absolute atomic E-state index is 0.0272. The Hall–Kier alpha value is -2.30. The van der Waals surface area contributed by atoms with Crippen molar-refractivity contribution < 1.29 is 18.0 Å². The van der Waals surface area contributed by atoms with E-state index >= 15 is 0 Å². The van der Waals surface area contributed by atoms with Crippen LogP contribution in [-0.4, -0.2) is 11.9 Å². The number of carbonyl (C=O) groups is 1. The van der Waals surface area contributed by atoms with Gasteiger partial charge in [0.1, 0.15) is 23.0 Å². The van der Waals surface area contributed by atoms with Crippen molar-refractivity contribution in [3.05, 3.63) is 71.0 Å². The fourth-order valence-corrected chi connectivity index (χ4v) is 2.82. The van der Waals surface area contributed by atoms with Crippen LogP contribution < -0.4 is 5.32 Å². The molecule has 0 spiro atoms. The predicted octanol–water partition coefficient (Wildman–Crippen LogP) is 3.64. The summed E-state index contributed by atoms with van der Waals surface area (Å²) in [6, 6.07) is 9.13. The van der Waals surface area contributed by atoms with Gasteiger partial charge in [0, 0.05) is 12.0 Å². The Bertz CT molecular complexity index is 694. The van der Waals surface area contributed by atoms with Gasteiger partial charge in [-0.2, -0.15) is 0 Å². The van der Waals surface area contributed by atoms with E-state index in [4.69, 9.17) is 0 Å². The fraction of sp³-hybridized carbons (Fsp3) is 0.235. The molecule has 114 valence electrons. The molecule has 5 heteroatoms. The number of amides is 1. The summed E-state index contributed by atoms with van der Waals surface area (Å²) in [5.74, 6) is -2.71. The van der Waals surface area contributed by atoms with Crippen LogP contribution in [0.15, 0.2) is 42.5 Å². The quantitative estimate of drug-likeness (QED) is 0.921. The third-order valence-electron chi connectivity index (χ3n) is 4.12. The molecule has 22 heavy (non-hydrogen) atoms. The SMILES string of the molecule is C[C@H]1C(NC(=O)c2c(F)cccc2F)[C@H]1c1ccc(F)cc1. The molecule has 1 aliphatic carbocycles. The van der Waals surface area contributed by atoms with Gasteiger partial charge in [0.05, 0.1) is 0 Å². The zero-order valence-corrected chi connectivity index (χ0v) is 11.8. The summed E-state index contributed by atoms with van der Waals surface area (Å²) in [6.07, 6.45) is 0. The molecular formula is C17H14F3NO. The Morgan fingerprint density at radius 2 is 1.59 bits per heavy atom. The summed E-state index contributed by atoms with van der Waals surface area (Å²) in [5.41, 5.74) is 0.327. The van der Waals surface area contributed by atoms with Gasteiger partial charge in [-0.15, -0.1) is 0 Å². The maximum Gasteiger partial charge on any atom is 0.257 e. The maximum absolute atomic E-state index is 13.6. The standard InChI is InChI=1S/C17H14F3NO/c1-9-14(10-5-7-11(18)8-6-10)16(9)21-17(22)15-12(19)3-2-4-13(15)20/h2-9,14,16H,1H3,(H,21,22)/t9-,14-,16?/m1/s1. The van der Waals surface area contributed by atoms with Gasteiger partial charge in [-0.25, -0.2) is 13.2 Å². The average molecular weight is 305 g/mol. The lowest BCUT2D eigenvalue weighted by Gasteiger charge is -2.07. The number of hydrogen-bond donors (Lipinski definition) is 1. The summed E-state index contributed by atoms with van der Waals surface area (Å²) < 4.78 is 40.1. The zero-order chi connectivity index (χ0) is 15.9. The van der Waals surface area contributed by atoms with Gasteiger partial charge < -0.3 is 5.32 Å². The van der Waals surface area contributed by atoms with E-state index in [1.54, 1.807) is 12.1 Å². The van der Waals surface area contributed by atoms with Crippen molar-refractivity contribution in [1.82, 2.24) is 5.32 Å². The van der Waals surface area contributed by atoms with Gasteiger partial charge >= 0.3 is 0 Å². The van der Waals surface area contributed by atoms with Crippen LogP contribution in [0.1, 0.15) is 28.8 Å². The first-order chi connectivity index (χ1) is 10.5. The molecule has 0 aliphatic heterocycles. The van der Waals surface area contributed by atoms with Crippen LogP contribution in [0.4, 0.5) is 13.2 Å². The van der Waals surface area contributed by atoms with Crippen LogP contribution in [0.2, 0.25) is 0 Å². The highest BCUT2D eigenvalue weighted by Crippen LogP contribution is 2.47. The van der Waals surface area contributed by atoms with Crippen molar-refractivity contribution in [2.75, 3.05) is 0 Å². The van der Waals surface area contributed by atoms with Crippen molar-refractivity contribution >= 4 is 5.91 Å². The van der Waals surface area contributed by atoms with E-state index in [0.29, 0.717) is 0 Å². The molecule has 2 aromatic rings. The smallest absolute Gasteiger partial charge is 0.257 e. The Kier molecular flexibility index (Phi) is 3.64. The highest BCUT2D eigenvalue weighted by Gasteiger charge is 2.48. The number of nitrogens with one attached hydrogen (secondary N) is 1. The highest BCUT2D eigenvalue weighted by molar-refractivity contribution is 5.95. The normalized spacial score (nSPS) is 23.2. The second-order valence-corrected chi connectivity index (χ2v) is 5.53. The van der Waals surface area contributed by atoms with Gasteiger partial charge in [0.2, 0.25) is 0 Å². The van der Waals surface area contributed by atoms with Crippen LogP contribution in [0.5, 0.6) is 0 Å². The molecule has 2 nitrogen and oxygen atoms in total. The van der Waals surface area contributed by atoms with E-state index in [9.17, 15) is 18.0 Å². The average Bonchev–Trinajstić information content (AvgIpc) is 3.09. The first-order valence-corrected chi connectivity index (χ1v) is 6.99. The minimum atomic E-state index is -0.885. The molecule has 3 rings (SSSR count). The van der Waals surface area contributed by atoms with Crippen molar-refractivity contribution in [3.63, 3.8) is 0 Å². The highest BCUT2D eigenvalue weighted by atomic mass is 19.1. The maximum atomic E-state index is 13.6. The second-order valence-electron chi connectivity index (χ2n) is 5.53. The van der Waals surface area contributed by atoms with Crippen molar-refractivity contribution in [1.29, 1.82) is 0 Å². The zero-order valence-electron chi connectivity index (χ0n) is 11.8. The molecule has 3 atom stereocenters. The van der Waals surface area contributed by atoms with Gasteiger partial charge in [-0.05, 0) is 35.7 Å².